The molecule has 1 aromatic heterocycles. The predicted molar refractivity (Wildman–Crippen MR) is 125 cm³/mol. The molecular weight excluding hydrogens is 368 g/mol. The van der Waals surface area contributed by atoms with Crippen LogP contribution >= 0.6 is 0 Å². The zero-order valence-corrected chi connectivity index (χ0v) is 16.8. The number of hydrogen-bond acceptors (Lipinski definition) is 2. The van der Waals surface area contributed by atoms with E-state index >= 15 is 0 Å². The lowest BCUT2D eigenvalue weighted by atomic mass is 9.79. The molecule has 3 nitrogen and oxygen atoms in total. The van der Waals surface area contributed by atoms with Crippen LogP contribution in [0, 0.1) is 0 Å². The minimum atomic E-state index is -0.0521. The number of pyridine rings is 1. The first-order chi connectivity index (χ1) is 14.7. The quantitative estimate of drug-likeness (QED) is 0.423. The Labute approximate surface area is 175 Å². The molecule has 1 heterocycles. The number of allylic oxidation sites excluding steroid dienone is 2. The van der Waals surface area contributed by atoms with Crippen LogP contribution in [0.3, 0.4) is 0 Å². The highest BCUT2D eigenvalue weighted by Gasteiger charge is 2.22. The van der Waals surface area contributed by atoms with E-state index in [4.69, 9.17) is 5.73 Å². The molecule has 2 aliphatic carbocycles. The average Bonchev–Trinajstić information content (AvgIpc) is 2.78. The fourth-order valence-corrected chi connectivity index (χ4v) is 4.55. The van der Waals surface area contributed by atoms with Crippen molar-refractivity contribution in [1.82, 2.24) is 4.98 Å². The van der Waals surface area contributed by atoms with E-state index in [1.165, 1.54) is 39.1 Å². The van der Waals surface area contributed by atoms with Crippen molar-refractivity contribution in [1.29, 1.82) is 0 Å². The van der Waals surface area contributed by atoms with Crippen LogP contribution in [-0.4, -0.2) is 11.0 Å². The van der Waals surface area contributed by atoms with Crippen LogP contribution in [-0.2, 0) is 6.42 Å². The van der Waals surface area contributed by atoms with E-state index in [0.717, 1.165) is 30.2 Å². The Kier molecular flexibility index (Phi) is 4.82. The average molecular weight is 393 g/mol. The van der Waals surface area contributed by atoms with Crippen molar-refractivity contribution in [2.45, 2.75) is 25.3 Å². The van der Waals surface area contributed by atoms with E-state index in [1.54, 1.807) is 0 Å². The molecule has 3 N–H and O–H groups in total. The number of aromatic nitrogens is 1. The van der Waals surface area contributed by atoms with Gasteiger partial charge >= 0.3 is 0 Å². The van der Waals surface area contributed by atoms with Gasteiger partial charge in [-0.3, -0.25) is 4.79 Å². The summed E-state index contributed by atoms with van der Waals surface area (Å²) in [6, 6.07) is 24.5. The minimum Gasteiger partial charge on any atom is -0.324 e. The van der Waals surface area contributed by atoms with Crippen molar-refractivity contribution in [3.8, 4) is 0 Å². The predicted octanol–water partition coefficient (Wildman–Crippen LogP) is 5.35. The molecule has 0 saturated heterocycles. The van der Waals surface area contributed by atoms with Crippen LogP contribution in [0.4, 0.5) is 0 Å². The summed E-state index contributed by atoms with van der Waals surface area (Å²) >= 11 is 0. The van der Waals surface area contributed by atoms with E-state index in [-0.39, 0.29) is 11.6 Å². The minimum absolute atomic E-state index is 0.0521. The molecule has 0 amide bonds. The van der Waals surface area contributed by atoms with Crippen LogP contribution in [0.25, 0.3) is 27.2 Å². The molecule has 148 valence electrons. The number of aromatic amines is 1. The second-order valence-electron chi connectivity index (χ2n) is 7.97. The molecule has 30 heavy (non-hydrogen) atoms. The molecule has 0 aliphatic heterocycles. The first-order valence-electron chi connectivity index (χ1n) is 10.4. The third-order valence-electron chi connectivity index (χ3n) is 6.01. The van der Waals surface area contributed by atoms with Crippen molar-refractivity contribution in [2.75, 3.05) is 0 Å². The normalized spacial score (nSPS) is 17.3. The van der Waals surface area contributed by atoms with Crippen LogP contribution in [0.5, 0.6) is 0 Å². The molecule has 1 unspecified atom stereocenters. The Hall–Kier alpha value is -3.43. The lowest BCUT2D eigenvalue weighted by molar-refractivity contribution is 0.743. The van der Waals surface area contributed by atoms with Gasteiger partial charge in [-0.05, 0) is 64.3 Å². The van der Waals surface area contributed by atoms with Gasteiger partial charge in [0, 0.05) is 17.6 Å². The van der Waals surface area contributed by atoms with Crippen LogP contribution in [0.1, 0.15) is 24.0 Å². The van der Waals surface area contributed by atoms with Gasteiger partial charge in [0.05, 0.1) is 0 Å². The van der Waals surface area contributed by atoms with Crippen molar-refractivity contribution in [3.05, 3.63) is 112 Å². The Morgan fingerprint density at radius 3 is 2.50 bits per heavy atom. The van der Waals surface area contributed by atoms with Crippen LogP contribution < -0.4 is 11.3 Å². The number of benzene rings is 3. The fourth-order valence-electron chi connectivity index (χ4n) is 4.55. The summed E-state index contributed by atoms with van der Waals surface area (Å²) in [7, 11) is 0. The molecule has 0 radical (unpaired) electrons. The molecular formula is C27H24N2O. The standard InChI is InChI=1S/C18H17N.C9H7NO/c19-14-7-10-16-13(11-14)6-9-17-15-4-2-1-3-12(15)5-8-18(16)17;11-9-6-5-7-3-1-2-4-8(7)10-9/h1-5,7-8,10,14H,6,9,11,19H2;1-6H,(H,10,11). The Morgan fingerprint density at radius 2 is 1.60 bits per heavy atom. The number of nitrogens with one attached hydrogen (secondary N) is 1. The highest BCUT2D eigenvalue weighted by Crippen LogP contribution is 2.39. The van der Waals surface area contributed by atoms with E-state index in [1.807, 2.05) is 30.3 Å². The van der Waals surface area contributed by atoms with Crippen LogP contribution in [0.2, 0.25) is 0 Å². The molecule has 3 aromatic carbocycles. The second-order valence-corrected chi connectivity index (χ2v) is 7.97. The lowest BCUT2D eigenvalue weighted by Crippen LogP contribution is -2.22. The summed E-state index contributed by atoms with van der Waals surface area (Å²) in [5, 5.41) is 3.82. The summed E-state index contributed by atoms with van der Waals surface area (Å²) in [5.41, 5.74) is 12.8. The second kappa shape index (κ2) is 7.77. The van der Waals surface area contributed by atoms with Crippen molar-refractivity contribution < 1.29 is 0 Å². The Balaban J connectivity index is 0.000000149. The SMILES string of the molecule is NC1C=CC2=C(CCc3c2ccc2ccccc32)C1.O=c1ccc2ccccc2[nH]1. The number of aryl methyl sites for hydroxylation is 1. The van der Waals surface area contributed by atoms with Gasteiger partial charge in [-0.1, -0.05) is 72.3 Å². The summed E-state index contributed by atoms with van der Waals surface area (Å²) < 4.78 is 0. The maximum atomic E-state index is 10.8. The third kappa shape index (κ3) is 3.49. The number of hydrogen-bond donors (Lipinski definition) is 2. The van der Waals surface area contributed by atoms with Gasteiger partial charge in [0.2, 0.25) is 5.56 Å². The summed E-state index contributed by atoms with van der Waals surface area (Å²) in [6.45, 7) is 0. The molecule has 0 fully saturated rings. The summed E-state index contributed by atoms with van der Waals surface area (Å²) in [5.74, 6) is 0. The van der Waals surface area contributed by atoms with Gasteiger partial charge in [0.15, 0.2) is 0 Å². The first kappa shape index (κ1) is 18.6. The zero-order valence-electron chi connectivity index (χ0n) is 16.8. The van der Waals surface area contributed by atoms with Gasteiger partial charge in [0.1, 0.15) is 0 Å². The summed E-state index contributed by atoms with van der Waals surface area (Å²) in [6.07, 6.45) is 7.71. The zero-order chi connectivity index (χ0) is 20.5. The lowest BCUT2D eigenvalue weighted by Gasteiger charge is -2.27. The number of nitrogens with two attached hydrogens (primary N) is 1. The molecule has 3 heteroatoms. The van der Waals surface area contributed by atoms with E-state index in [0.29, 0.717) is 0 Å². The topological polar surface area (TPSA) is 58.9 Å². The van der Waals surface area contributed by atoms with Gasteiger partial charge < -0.3 is 10.7 Å². The molecule has 0 saturated carbocycles. The van der Waals surface area contributed by atoms with Gasteiger partial charge in [-0.25, -0.2) is 0 Å². The maximum absolute atomic E-state index is 10.8. The molecule has 6 rings (SSSR count). The van der Waals surface area contributed by atoms with E-state index in [2.05, 4.69) is 53.5 Å². The monoisotopic (exact) mass is 392 g/mol. The van der Waals surface area contributed by atoms with Crippen molar-refractivity contribution in [3.63, 3.8) is 0 Å². The van der Waals surface area contributed by atoms with Crippen molar-refractivity contribution >= 4 is 27.2 Å². The van der Waals surface area contributed by atoms with Gasteiger partial charge in [0.25, 0.3) is 0 Å². The molecule has 4 aromatic rings. The van der Waals surface area contributed by atoms with Gasteiger partial charge in [-0.2, -0.15) is 0 Å². The fraction of sp³-hybridized carbons (Fsp3) is 0.148. The third-order valence-corrected chi connectivity index (χ3v) is 6.01. The first-order valence-corrected chi connectivity index (χ1v) is 10.4. The van der Waals surface area contributed by atoms with E-state index in [9.17, 15) is 4.79 Å². The van der Waals surface area contributed by atoms with Crippen molar-refractivity contribution in [2.24, 2.45) is 5.73 Å². The maximum Gasteiger partial charge on any atom is 0.248 e. The van der Waals surface area contributed by atoms with E-state index < -0.39 is 0 Å². The van der Waals surface area contributed by atoms with Crippen LogP contribution in [0.15, 0.2) is 95.3 Å². The number of H-pyrrole nitrogens is 1. The molecule has 2 aliphatic rings. The summed E-state index contributed by atoms with van der Waals surface area (Å²) in [4.78, 5) is 13.6. The smallest absolute Gasteiger partial charge is 0.248 e. The number of rotatable bonds is 0. The number of para-hydroxylation sites is 1. The largest absolute Gasteiger partial charge is 0.324 e. The number of fused-ring (bicyclic) bond motifs is 5. The highest BCUT2D eigenvalue weighted by molar-refractivity contribution is 5.93. The Bertz CT molecular complexity index is 1360. The molecule has 0 spiro atoms. The Morgan fingerprint density at radius 1 is 0.833 bits per heavy atom. The molecule has 1 atom stereocenters. The molecule has 0 bridgehead atoms. The van der Waals surface area contributed by atoms with Gasteiger partial charge in [-0.15, -0.1) is 0 Å². The highest BCUT2D eigenvalue weighted by atomic mass is 16.1.